The number of benzene rings is 1. The van der Waals surface area contributed by atoms with Crippen LogP contribution in [0.4, 0.5) is 0 Å². The van der Waals surface area contributed by atoms with Crippen LogP contribution in [0.3, 0.4) is 0 Å². The molecule has 0 bridgehead atoms. The van der Waals surface area contributed by atoms with Crippen molar-refractivity contribution in [2.24, 2.45) is 0 Å². The van der Waals surface area contributed by atoms with E-state index in [1.54, 1.807) is 0 Å². The molecule has 3 nitrogen and oxygen atoms in total. The molecule has 1 aromatic carbocycles. The summed E-state index contributed by atoms with van der Waals surface area (Å²) in [6.07, 6.45) is 3.81. The molecule has 0 fully saturated rings. The number of hydrogen-bond donors (Lipinski definition) is 1. The molecule has 0 amide bonds. The predicted octanol–water partition coefficient (Wildman–Crippen LogP) is 2.68. The zero-order valence-corrected chi connectivity index (χ0v) is 10.6. The average Bonchev–Trinajstić information content (AvgIpc) is 2.73. The lowest BCUT2D eigenvalue weighted by molar-refractivity contribution is 0.589. The highest BCUT2D eigenvalue weighted by Crippen LogP contribution is 2.11. The van der Waals surface area contributed by atoms with Crippen LogP contribution in [0.15, 0.2) is 36.7 Å². The molecule has 0 unspecified atom stereocenters. The Hall–Kier alpha value is -1.61. The second-order valence-electron chi connectivity index (χ2n) is 4.55. The minimum absolute atomic E-state index is 0.519. The van der Waals surface area contributed by atoms with Gasteiger partial charge in [0.1, 0.15) is 5.82 Å². The average molecular weight is 229 g/mol. The predicted molar refractivity (Wildman–Crippen MR) is 70.3 cm³/mol. The van der Waals surface area contributed by atoms with Crippen LogP contribution in [0.5, 0.6) is 0 Å². The minimum atomic E-state index is 0.519. The largest absolute Gasteiger partial charge is 0.310 e. The quantitative estimate of drug-likeness (QED) is 0.873. The Kier molecular flexibility index (Phi) is 3.59. The maximum absolute atomic E-state index is 4.23. The second-order valence-corrected chi connectivity index (χ2v) is 4.55. The van der Waals surface area contributed by atoms with Crippen LogP contribution in [0, 0.1) is 6.92 Å². The highest BCUT2D eigenvalue weighted by molar-refractivity contribution is 5.35. The smallest absolute Gasteiger partial charge is 0.110 e. The second kappa shape index (κ2) is 5.15. The van der Waals surface area contributed by atoms with E-state index in [1.807, 2.05) is 19.3 Å². The van der Waals surface area contributed by atoms with Gasteiger partial charge >= 0.3 is 0 Å². The molecular weight excluding hydrogens is 210 g/mol. The SMILES string of the molecule is Cc1nccn1-c1ccc(CNC(C)C)cc1. The molecule has 90 valence electrons. The number of nitrogens with one attached hydrogen (secondary N) is 1. The molecule has 0 aliphatic carbocycles. The van der Waals surface area contributed by atoms with Gasteiger partial charge in [0, 0.05) is 30.7 Å². The van der Waals surface area contributed by atoms with Gasteiger partial charge in [-0.2, -0.15) is 0 Å². The van der Waals surface area contributed by atoms with Crippen molar-refractivity contribution in [2.75, 3.05) is 0 Å². The van der Waals surface area contributed by atoms with Gasteiger partial charge < -0.3 is 9.88 Å². The minimum Gasteiger partial charge on any atom is -0.310 e. The molecule has 0 radical (unpaired) electrons. The number of nitrogens with zero attached hydrogens (tertiary/aromatic N) is 2. The monoisotopic (exact) mass is 229 g/mol. The van der Waals surface area contributed by atoms with Gasteiger partial charge in [-0.25, -0.2) is 4.98 Å². The fourth-order valence-corrected chi connectivity index (χ4v) is 1.75. The van der Waals surface area contributed by atoms with Crippen LogP contribution in [0.1, 0.15) is 25.2 Å². The Labute approximate surface area is 103 Å². The zero-order chi connectivity index (χ0) is 12.3. The van der Waals surface area contributed by atoms with Gasteiger partial charge in [0.2, 0.25) is 0 Å². The van der Waals surface area contributed by atoms with Crippen molar-refractivity contribution >= 4 is 0 Å². The first-order valence-electron chi connectivity index (χ1n) is 5.99. The van der Waals surface area contributed by atoms with E-state index in [1.165, 1.54) is 5.56 Å². The van der Waals surface area contributed by atoms with Crippen LogP contribution in [-0.4, -0.2) is 15.6 Å². The maximum atomic E-state index is 4.23. The number of rotatable bonds is 4. The first-order valence-corrected chi connectivity index (χ1v) is 5.99. The molecule has 2 aromatic rings. The molecule has 0 aliphatic heterocycles. The van der Waals surface area contributed by atoms with E-state index in [0.717, 1.165) is 18.1 Å². The Morgan fingerprint density at radius 1 is 1.24 bits per heavy atom. The lowest BCUT2D eigenvalue weighted by Gasteiger charge is -2.09. The van der Waals surface area contributed by atoms with E-state index in [2.05, 4.69) is 53.0 Å². The summed E-state index contributed by atoms with van der Waals surface area (Å²) in [5.74, 6) is 1.01. The molecule has 0 saturated heterocycles. The van der Waals surface area contributed by atoms with Crippen LogP contribution in [0.2, 0.25) is 0 Å². The third-order valence-electron chi connectivity index (χ3n) is 2.75. The van der Waals surface area contributed by atoms with Crippen molar-refractivity contribution in [3.8, 4) is 5.69 Å². The van der Waals surface area contributed by atoms with Gasteiger partial charge in [-0.05, 0) is 24.6 Å². The third-order valence-corrected chi connectivity index (χ3v) is 2.75. The summed E-state index contributed by atoms with van der Waals surface area (Å²) in [4.78, 5) is 4.23. The molecule has 1 N–H and O–H groups in total. The highest BCUT2D eigenvalue weighted by atomic mass is 15.1. The first kappa shape index (κ1) is 11.9. The maximum Gasteiger partial charge on any atom is 0.110 e. The van der Waals surface area contributed by atoms with Crippen molar-refractivity contribution in [1.82, 2.24) is 14.9 Å². The van der Waals surface area contributed by atoms with Gasteiger partial charge in [-0.1, -0.05) is 26.0 Å². The third kappa shape index (κ3) is 2.94. The van der Waals surface area contributed by atoms with E-state index in [4.69, 9.17) is 0 Å². The fourth-order valence-electron chi connectivity index (χ4n) is 1.75. The Balaban J connectivity index is 2.11. The Bertz CT molecular complexity index is 468. The van der Waals surface area contributed by atoms with E-state index >= 15 is 0 Å². The van der Waals surface area contributed by atoms with Gasteiger partial charge in [0.05, 0.1) is 0 Å². The van der Waals surface area contributed by atoms with Crippen LogP contribution in [0.25, 0.3) is 5.69 Å². The van der Waals surface area contributed by atoms with Crippen LogP contribution in [-0.2, 0) is 6.54 Å². The summed E-state index contributed by atoms with van der Waals surface area (Å²) in [6.45, 7) is 7.24. The molecule has 0 saturated carbocycles. The van der Waals surface area contributed by atoms with Crippen molar-refractivity contribution in [1.29, 1.82) is 0 Å². The molecule has 2 rings (SSSR count). The summed E-state index contributed by atoms with van der Waals surface area (Å²) >= 11 is 0. The van der Waals surface area contributed by atoms with Crippen LogP contribution < -0.4 is 5.32 Å². The standard InChI is InChI=1S/C14H19N3/c1-11(2)16-10-13-4-6-14(7-5-13)17-9-8-15-12(17)3/h4-9,11,16H,10H2,1-3H3. The fraction of sp³-hybridized carbons (Fsp3) is 0.357. The topological polar surface area (TPSA) is 29.9 Å². The van der Waals surface area contributed by atoms with Crippen molar-refractivity contribution in [2.45, 2.75) is 33.4 Å². The van der Waals surface area contributed by atoms with Gasteiger partial charge in [0.15, 0.2) is 0 Å². The molecule has 0 aliphatic rings. The summed E-state index contributed by atoms with van der Waals surface area (Å²) in [5.41, 5.74) is 2.47. The lowest BCUT2D eigenvalue weighted by atomic mass is 10.2. The van der Waals surface area contributed by atoms with Crippen molar-refractivity contribution in [3.63, 3.8) is 0 Å². The molecule has 1 heterocycles. The van der Waals surface area contributed by atoms with Crippen LogP contribution >= 0.6 is 0 Å². The van der Waals surface area contributed by atoms with E-state index in [9.17, 15) is 0 Å². The van der Waals surface area contributed by atoms with E-state index in [0.29, 0.717) is 6.04 Å². The lowest BCUT2D eigenvalue weighted by Crippen LogP contribution is -2.21. The Morgan fingerprint density at radius 3 is 2.47 bits per heavy atom. The normalized spacial score (nSPS) is 11.1. The molecule has 0 spiro atoms. The molecule has 3 heteroatoms. The number of aryl methyl sites for hydroxylation is 1. The Morgan fingerprint density at radius 2 is 1.94 bits per heavy atom. The summed E-state index contributed by atoms with van der Waals surface area (Å²) < 4.78 is 2.08. The number of imidazole rings is 1. The summed E-state index contributed by atoms with van der Waals surface area (Å²) in [5, 5.41) is 3.41. The molecule has 0 atom stereocenters. The van der Waals surface area contributed by atoms with E-state index < -0.39 is 0 Å². The van der Waals surface area contributed by atoms with E-state index in [-0.39, 0.29) is 0 Å². The van der Waals surface area contributed by atoms with Gasteiger partial charge in [0.25, 0.3) is 0 Å². The molecular formula is C14H19N3. The first-order chi connectivity index (χ1) is 8.16. The summed E-state index contributed by atoms with van der Waals surface area (Å²) in [6, 6.07) is 9.09. The molecule has 1 aromatic heterocycles. The van der Waals surface area contributed by atoms with Crippen molar-refractivity contribution < 1.29 is 0 Å². The molecule has 17 heavy (non-hydrogen) atoms. The zero-order valence-electron chi connectivity index (χ0n) is 10.6. The van der Waals surface area contributed by atoms with Gasteiger partial charge in [-0.3, -0.25) is 0 Å². The summed E-state index contributed by atoms with van der Waals surface area (Å²) in [7, 11) is 0. The highest BCUT2D eigenvalue weighted by Gasteiger charge is 2.00. The van der Waals surface area contributed by atoms with Crippen molar-refractivity contribution in [3.05, 3.63) is 48.0 Å². The van der Waals surface area contributed by atoms with Gasteiger partial charge in [-0.15, -0.1) is 0 Å². The number of hydrogen-bond acceptors (Lipinski definition) is 2. The number of aromatic nitrogens is 2.